The highest BCUT2D eigenvalue weighted by Gasteiger charge is 2.27. The molecule has 0 aliphatic carbocycles. The predicted octanol–water partition coefficient (Wildman–Crippen LogP) is 2.68. The number of piperidine rings is 1. The van der Waals surface area contributed by atoms with Crippen molar-refractivity contribution in [1.82, 2.24) is 15.2 Å². The van der Waals surface area contributed by atoms with Crippen LogP contribution < -0.4 is 10.6 Å². The maximum atomic E-state index is 12.5. The van der Waals surface area contributed by atoms with E-state index in [1.807, 2.05) is 42.5 Å². The molecule has 1 amide bonds. The van der Waals surface area contributed by atoms with Gasteiger partial charge >= 0.3 is 0 Å². The van der Waals surface area contributed by atoms with E-state index in [1.165, 1.54) is 0 Å². The Morgan fingerprint density at radius 3 is 2.79 bits per heavy atom. The second kappa shape index (κ2) is 9.17. The maximum Gasteiger partial charge on any atom is 0.251 e. The van der Waals surface area contributed by atoms with E-state index in [0.717, 1.165) is 56.9 Å². The van der Waals surface area contributed by atoms with Crippen molar-refractivity contribution < 1.29 is 9.53 Å². The molecular formula is C22H28N4O2. The third-order valence-electron chi connectivity index (χ3n) is 5.60. The van der Waals surface area contributed by atoms with E-state index in [4.69, 9.17) is 4.74 Å². The Kier molecular flexibility index (Phi) is 6.19. The lowest BCUT2D eigenvalue weighted by Crippen LogP contribution is -2.44. The van der Waals surface area contributed by atoms with Crippen molar-refractivity contribution in [2.24, 2.45) is 0 Å². The summed E-state index contributed by atoms with van der Waals surface area (Å²) in [7, 11) is 0. The van der Waals surface area contributed by atoms with Crippen molar-refractivity contribution in [2.75, 3.05) is 31.6 Å². The average molecular weight is 380 g/mol. The fraction of sp³-hybridized carbons (Fsp3) is 0.455. The van der Waals surface area contributed by atoms with E-state index in [1.54, 1.807) is 6.20 Å². The first kappa shape index (κ1) is 18.9. The van der Waals surface area contributed by atoms with Crippen LogP contribution in [0.4, 0.5) is 5.69 Å². The lowest BCUT2D eigenvalue weighted by molar-refractivity contribution is 0.0950. The standard InChI is InChI=1S/C22H28N4O2/c27-22(24-15-20-5-1-2-10-23-20)17-4-3-6-19(14-17)25-18-7-11-26(12-8-18)21-9-13-28-16-21/h1-6,10,14,18,21,25H,7-9,11-13,15-16H2,(H,24,27). The summed E-state index contributed by atoms with van der Waals surface area (Å²) >= 11 is 0. The molecule has 0 saturated carbocycles. The first-order valence-corrected chi connectivity index (χ1v) is 10.1. The van der Waals surface area contributed by atoms with E-state index in [-0.39, 0.29) is 5.91 Å². The molecule has 2 aliphatic rings. The first-order chi connectivity index (χ1) is 13.8. The third kappa shape index (κ3) is 4.88. The highest BCUT2D eigenvalue weighted by atomic mass is 16.5. The molecule has 2 N–H and O–H groups in total. The van der Waals surface area contributed by atoms with Crippen LogP contribution in [0.1, 0.15) is 35.3 Å². The predicted molar refractivity (Wildman–Crippen MR) is 109 cm³/mol. The second-order valence-electron chi connectivity index (χ2n) is 7.56. The van der Waals surface area contributed by atoms with E-state index < -0.39 is 0 Å². The molecule has 148 valence electrons. The van der Waals surface area contributed by atoms with Gasteiger partial charge in [0.15, 0.2) is 0 Å². The number of amides is 1. The summed E-state index contributed by atoms with van der Waals surface area (Å²) < 4.78 is 5.52. The quantitative estimate of drug-likeness (QED) is 0.807. The number of ether oxygens (including phenoxy) is 1. The van der Waals surface area contributed by atoms with Gasteiger partial charge in [-0.25, -0.2) is 0 Å². The van der Waals surface area contributed by atoms with Gasteiger partial charge in [-0.1, -0.05) is 12.1 Å². The third-order valence-corrected chi connectivity index (χ3v) is 5.60. The molecule has 2 saturated heterocycles. The molecule has 1 unspecified atom stereocenters. The van der Waals surface area contributed by atoms with Gasteiger partial charge in [0, 0.05) is 49.2 Å². The lowest BCUT2D eigenvalue weighted by Gasteiger charge is -2.36. The summed E-state index contributed by atoms with van der Waals surface area (Å²) in [6, 6.07) is 14.5. The smallest absolute Gasteiger partial charge is 0.251 e. The van der Waals surface area contributed by atoms with Crippen LogP contribution in [0.2, 0.25) is 0 Å². The minimum Gasteiger partial charge on any atom is -0.382 e. The molecule has 2 aliphatic heterocycles. The van der Waals surface area contributed by atoms with Crippen LogP contribution in [-0.2, 0) is 11.3 Å². The number of aromatic nitrogens is 1. The fourth-order valence-corrected chi connectivity index (χ4v) is 3.98. The number of nitrogens with one attached hydrogen (secondary N) is 2. The fourth-order valence-electron chi connectivity index (χ4n) is 3.98. The number of rotatable bonds is 6. The Morgan fingerprint density at radius 2 is 2.04 bits per heavy atom. The molecule has 1 aromatic carbocycles. The van der Waals surface area contributed by atoms with E-state index >= 15 is 0 Å². The molecular weight excluding hydrogens is 352 g/mol. The summed E-state index contributed by atoms with van der Waals surface area (Å²) in [5.74, 6) is -0.0784. The number of likely N-dealkylation sites (tertiary alicyclic amines) is 1. The van der Waals surface area contributed by atoms with Gasteiger partial charge in [-0.3, -0.25) is 14.7 Å². The number of pyridine rings is 1. The zero-order chi connectivity index (χ0) is 19.2. The van der Waals surface area contributed by atoms with Gasteiger partial charge in [-0.15, -0.1) is 0 Å². The van der Waals surface area contributed by atoms with Crippen LogP contribution in [0.5, 0.6) is 0 Å². The Bertz CT molecular complexity index is 769. The van der Waals surface area contributed by atoms with E-state index in [9.17, 15) is 4.79 Å². The van der Waals surface area contributed by atoms with Gasteiger partial charge in [-0.05, 0) is 49.6 Å². The molecule has 3 heterocycles. The topological polar surface area (TPSA) is 66.5 Å². The van der Waals surface area contributed by atoms with Crippen molar-refractivity contribution in [1.29, 1.82) is 0 Å². The van der Waals surface area contributed by atoms with E-state index in [2.05, 4.69) is 20.5 Å². The summed E-state index contributed by atoms with van der Waals surface area (Å²) in [6.07, 6.45) is 5.13. The molecule has 0 spiro atoms. The molecule has 2 fully saturated rings. The summed E-state index contributed by atoms with van der Waals surface area (Å²) in [4.78, 5) is 19.3. The zero-order valence-corrected chi connectivity index (χ0v) is 16.1. The Morgan fingerprint density at radius 1 is 1.14 bits per heavy atom. The van der Waals surface area contributed by atoms with Crippen LogP contribution in [0, 0.1) is 0 Å². The number of nitrogens with zero attached hydrogens (tertiary/aromatic N) is 2. The average Bonchev–Trinajstić information content (AvgIpc) is 3.28. The summed E-state index contributed by atoms with van der Waals surface area (Å²) in [5, 5.41) is 6.55. The molecule has 6 nitrogen and oxygen atoms in total. The Labute approximate surface area is 166 Å². The molecule has 1 atom stereocenters. The summed E-state index contributed by atoms with van der Waals surface area (Å²) in [5.41, 5.74) is 2.53. The van der Waals surface area contributed by atoms with Crippen LogP contribution in [0.25, 0.3) is 0 Å². The molecule has 6 heteroatoms. The number of carbonyl (C=O) groups is 1. The number of hydrogen-bond acceptors (Lipinski definition) is 5. The molecule has 4 rings (SSSR count). The summed E-state index contributed by atoms with van der Waals surface area (Å²) in [6.45, 7) is 4.43. The lowest BCUT2D eigenvalue weighted by atomic mass is 10.0. The highest BCUT2D eigenvalue weighted by Crippen LogP contribution is 2.21. The Balaban J connectivity index is 1.28. The number of carbonyl (C=O) groups excluding carboxylic acids is 1. The van der Waals surface area contributed by atoms with Crippen LogP contribution in [-0.4, -0.2) is 54.2 Å². The first-order valence-electron chi connectivity index (χ1n) is 10.1. The van der Waals surface area contributed by atoms with Crippen molar-refractivity contribution in [3.05, 3.63) is 59.9 Å². The molecule has 0 radical (unpaired) electrons. The number of benzene rings is 1. The SMILES string of the molecule is O=C(NCc1ccccn1)c1cccc(NC2CCN(C3CCOC3)CC2)c1. The number of hydrogen-bond donors (Lipinski definition) is 2. The van der Waals surface area contributed by atoms with Gasteiger partial charge in [0.25, 0.3) is 5.91 Å². The van der Waals surface area contributed by atoms with Gasteiger partial charge in [-0.2, -0.15) is 0 Å². The van der Waals surface area contributed by atoms with Crippen LogP contribution in [0.15, 0.2) is 48.7 Å². The molecule has 1 aromatic heterocycles. The Hall–Kier alpha value is -2.44. The second-order valence-corrected chi connectivity index (χ2v) is 7.56. The zero-order valence-electron chi connectivity index (χ0n) is 16.1. The largest absolute Gasteiger partial charge is 0.382 e. The number of anilines is 1. The molecule has 28 heavy (non-hydrogen) atoms. The van der Waals surface area contributed by atoms with Crippen molar-refractivity contribution in [3.63, 3.8) is 0 Å². The van der Waals surface area contributed by atoms with Gasteiger partial charge in [0.05, 0.1) is 18.8 Å². The van der Waals surface area contributed by atoms with Gasteiger partial charge in [0.1, 0.15) is 0 Å². The highest BCUT2D eigenvalue weighted by molar-refractivity contribution is 5.95. The monoisotopic (exact) mass is 380 g/mol. The van der Waals surface area contributed by atoms with Crippen LogP contribution in [0.3, 0.4) is 0 Å². The van der Waals surface area contributed by atoms with Crippen molar-refractivity contribution in [3.8, 4) is 0 Å². The molecule has 0 bridgehead atoms. The maximum absolute atomic E-state index is 12.5. The minimum atomic E-state index is -0.0784. The normalized spacial score (nSPS) is 20.8. The van der Waals surface area contributed by atoms with Gasteiger partial charge < -0.3 is 15.4 Å². The van der Waals surface area contributed by atoms with Crippen molar-refractivity contribution in [2.45, 2.75) is 37.9 Å². The minimum absolute atomic E-state index is 0.0784. The van der Waals surface area contributed by atoms with E-state index in [0.29, 0.717) is 24.2 Å². The molecule has 2 aromatic rings. The van der Waals surface area contributed by atoms with Gasteiger partial charge in [0.2, 0.25) is 0 Å². The van der Waals surface area contributed by atoms with Crippen molar-refractivity contribution >= 4 is 11.6 Å². The van der Waals surface area contributed by atoms with Crippen LogP contribution >= 0.6 is 0 Å².